The van der Waals surface area contributed by atoms with Gasteiger partial charge in [-0.1, -0.05) is 50.6 Å². The Morgan fingerprint density at radius 2 is 1.62 bits per heavy atom. The van der Waals surface area contributed by atoms with Crippen LogP contribution in [0.25, 0.3) is 0 Å². The molecule has 4 atom stereocenters. The molecule has 3 nitrogen and oxygen atoms in total. The van der Waals surface area contributed by atoms with E-state index in [0.717, 1.165) is 18.4 Å². The van der Waals surface area contributed by atoms with Gasteiger partial charge < -0.3 is 0 Å². The van der Waals surface area contributed by atoms with Crippen LogP contribution in [-0.4, -0.2) is 11.8 Å². The van der Waals surface area contributed by atoms with Crippen LogP contribution in [0.2, 0.25) is 0 Å². The Bertz CT molecular complexity index is 748. The standard InChI is InChI=1S/C21H25NO2/c1-13(2)21-11-9-20(4,10-12-21)16-17(21)19(24)22(18(16)23)15-7-5-14(3)6-8-15/h5-9,11,13,16-17H,10,12H2,1-4H3/t16-,17-,20+,21+/m1/s1. The van der Waals surface area contributed by atoms with Gasteiger partial charge in [0.1, 0.15) is 0 Å². The first-order valence-electron chi connectivity index (χ1n) is 8.95. The Hall–Kier alpha value is -1.90. The van der Waals surface area contributed by atoms with E-state index in [2.05, 4.69) is 32.9 Å². The lowest BCUT2D eigenvalue weighted by Gasteiger charge is -2.55. The number of anilines is 1. The van der Waals surface area contributed by atoms with Crippen molar-refractivity contribution in [1.29, 1.82) is 0 Å². The number of allylic oxidation sites excluding steroid dienone is 2. The number of hydrogen-bond acceptors (Lipinski definition) is 2. The molecule has 2 amide bonds. The fourth-order valence-electron chi connectivity index (χ4n) is 5.18. The molecule has 0 radical (unpaired) electrons. The molecule has 0 N–H and O–H groups in total. The van der Waals surface area contributed by atoms with E-state index < -0.39 is 0 Å². The lowest BCUT2D eigenvalue weighted by atomic mass is 9.46. The maximum atomic E-state index is 13.3. The fraction of sp³-hybridized carbons (Fsp3) is 0.524. The number of amides is 2. The number of aryl methyl sites for hydroxylation is 1. The van der Waals surface area contributed by atoms with Gasteiger partial charge in [-0.2, -0.15) is 0 Å². The highest BCUT2D eigenvalue weighted by Gasteiger charge is 2.67. The molecule has 24 heavy (non-hydrogen) atoms. The van der Waals surface area contributed by atoms with Crippen LogP contribution in [-0.2, 0) is 9.59 Å². The second-order valence-corrected chi connectivity index (χ2v) is 8.41. The maximum absolute atomic E-state index is 13.3. The summed E-state index contributed by atoms with van der Waals surface area (Å²) >= 11 is 0. The third-order valence-corrected chi connectivity index (χ3v) is 6.83. The normalized spacial score (nSPS) is 37.5. The van der Waals surface area contributed by atoms with Crippen molar-refractivity contribution in [3.63, 3.8) is 0 Å². The molecule has 3 heteroatoms. The highest BCUT2D eigenvalue weighted by atomic mass is 16.2. The molecule has 1 aromatic rings. The molecule has 1 saturated heterocycles. The van der Waals surface area contributed by atoms with Gasteiger partial charge in [0.05, 0.1) is 17.5 Å². The van der Waals surface area contributed by atoms with E-state index in [0.29, 0.717) is 11.6 Å². The molecule has 4 aliphatic rings. The number of carbonyl (C=O) groups is 2. The Morgan fingerprint density at radius 3 is 2.17 bits per heavy atom. The number of fused-ring (bicyclic) bond motifs is 1. The van der Waals surface area contributed by atoms with Crippen molar-refractivity contribution in [3.8, 4) is 0 Å². The van der Waals surface area contributed by atoms with Crippen LogP contribution in [0.15, 0.2) is 36.4 Å². The molecule has 0 unspecified atom stereocenters. The number of carbonyl (C=O) groups excluding carboxylic acids is 2. The minimum absolute atomic E-state index is 0.00201. The Kier molecular flexibility index (Phi) is 3.13. The Morgan fingerprint density at radius 1 is 1.00 bits per heavy atom. The van der Waals surface area contributed by atoms with Crippen molar-refractivity contribution in [3.05, 3.63) is 42.0 Å². The van der Waals surface area contributed by atoms with Gasteiger partial charge in [-0.3, -0.25) is 9.59 Å². The van der Waals surface area contributed by atoms with Crippen molar-refractivity contribution in [2.45, 2.75) is 40.5 Å². The zero-order valence-corrected chi connectivity index (χ0v) is 14.9. The van der Waals surface area contributed by atoms with Crippen LogP contribution in [0, 0.1) is 35.5 Å². The summed E-state index contributed by atoms with van der Waals surface area (Å²) in [6, 6.07) is 7.71. The predicted molar refractivity (Wildman–Crippen MR) is 94.4 cm³/mol. The van der Waals surface area contributed by atoms with Crippen LogP contribution in [0.5, 0.6) is 0 Å². The summed E-state index contributed by atoms with van der Waals surface area (Å²) < 4.78 is 0. The van der Waals surface area contributed by atoms with Crippen molar-refractivity contribution < 1.29 is 9.59 Å². The number of imide groups is 1. The second-order valence-electron chi connectivity index (χ2n) is 8.41. The number of nitrogens with zero attached hydrogens (tertiary/aromatic N) is 1. The number of benzene rings is 1. The van der Waals surface area contributed by atoms with Crippen molar-refractivity contribution in [2.75, 3.05) is 4.90 Å². The molecule has 1 aromatic carbocycles. The lowest BCUT2D eigenvalue weighted by Crippen LogP contribution is -2.53. The average molecular weight is 323 g/mol. The van der Waals surface area contributed by atoms with E-state index in [1.165, 1.54) is 4.90 Å². The van der Waals surface area contributed by atoms with Gasteiger partial charge in [0.25, 0.3) is 0 Å². The molecule has 1 heterocycles. The highest BCUT2D eigenvalue weighted by molar-refractivity contribution is 6.23. The van der Waals surface area contributed by atoms with Gasteiger partial charge in [-0.25, -0.2) is 4.90 Å². The van der Waals surface area contributed by atoms with Gasteiger partial charge in [-0.05, 0) is 43.2 Å². The van der Waals surface area contributed by atoms with Crippen molar-refractivity contribution in [1.82, 2.24) is 0 Å². The van der Waals surface area contributed by atoms with Gasteiger partial charge in [-0.15, -0.1) is 0 Å². The smallest absolute Gasteiger partial charge is 0.238 e. The molecule has 2 bridgehead atoms. The fourth-order valence-corrected chi connectivity index (χ4v) is 5.18. The van der Waals surface area contributed by atoms with Gasteiger partial charge in [0.15, 0.2) is 0 Å². The number of rotatable bonds is 2. The SMILES string of the molecule is Cc1ccc(N2C(=O)[C@H]3[C@H](C2=O)[C@@]2(C(C)C)C=C[C@@]3(C)CC2)cc1. The molecule has 2 fully saturated rings. The zero-order valence-electron chi connectivity index (χ0n) is 14.9. The van der Waals surface area contributed by atoms with E-state index in [1.807, 2.05) is 31.2 Å². The van der Waals surface area contributed by atoms with Gasteiger partial charge in [0.2, 0.25) is 11.8 Å². The molecular weight excluding hydrogens is 298 g/mol. The minimum atomic E-state index is -0.215. The molecule has 5 rings (SSSR count). The monoisotopic (exact) mass is 323 g/mol. The molecule has 0 spiro atoms. The van der Waals surface area contributed by atoms with E-state index in [-0.39, 0.29) is 34.5 Å². The molecule has 1 aliphatic heterocycles. The first kappa shape index (κ1) is 15.6. The molecule has 0 aromatic heterocycles. The van der Waals surface area contributed by atoms with Crippen LogP contribution in [0.1, 0.15) is 39.2 Å². The molecule has 3 aliphatic carbocycles. The van der Waals surface area contributed by atoms with Crippen LogP contribution >= 0.6 is 0 Å². The quantitative estimate of drug-likeness (QED) is 0.606. The van der Waals surface area contributed by atoms with Crippen LogP contribution in [0.3, 0.4) is 0 Å². The first-order valence-corrected chi connectivity index (χ1v) is 8.95. The largest absolute Gasteiger partial charge is 0.274 e. The van der Waals surface area contributed by atoms with Gasteiger partial charge >= 0.3 is 0 Å². The molecular formula is C21H25NO2. The second kappa shape index (κ2) is 4.81. The van der Waals surface area contributed by atoms with Crippen molar-refractivity contribution in [2.24, 2.45) is 28.6 Å². The Balaban J connectivity index is 1.84. The zero-order chi connectivity index (χ0) is 17.3. The predicted octanol–water partition coefficient (Wildman–Crippen LogP) is 4.11. The van der Waals surface area contributed by atoms with Crippen LogP contribution in [0.4, 0.5) is 5.69 Å². The third kappa shape index (κ3) is 1.78. The molecule has 126 valence electrons. The summed E-state index contributed by atoms with van der Waals surface area (Å²) in [5.74, 6) is -0.0911. The number of hydrogen-bond donors (Lipinski definition) is 0. The van der Waals surface area contributed by atoms with Crippen molar-refractivity contribution >= 4 is 17.5 Å². The summed E-state index contributed by atoms with van der Waals surface area (Å²) in [5.41, 5.74) is 1.48. The Labute approximate surface area is 143 Å². The van der Waals surface area contributed by atoms with Crippen LogP contribution < -0.4 is 4.90 Å². The summed E-state index contributed by atoms with van der Waals surface area (Å²) in [5, 5.41) is 0. The maximum Gasteiger partial charge on any atom is 0.238 e. The first-order chi connectivity index (χ1) is 11.3. The summed E-state index contributed by atoms with van der Waals surface area (Å²) in [6.07, 6.45) is 6.47. The highest BCUT2D eigenvalue weighted by Crippen LogP contribution is 2.64. The minimum Gasteiger partial charge on any atom is -0.274 e. The average Bonchev–Trinajstić information content (AvgIpc) is 2.83. The van der Waals surface area contributed by atoms with E-state index in [1.54, 1.807) is 0 Å². The van der Waals surface area contributed by atoms with E-state index >= 15 is 0 Å². The topological polar surface area (TPSA) is 37.4 Å². The summed E-state index contributed by atoms with van der Waals surface area (Å²) in [4.78, 5) is 28.1. The van der Waals surface area contributed by atoms with Gasteiger partial charge in [0, 0.05) is 5.41 Å². The lowest BCUT2D eigenvalue weighted by molar-refractivity contribution is -0.135. The van der Waals surface area contributed by atoms with E-state index in [4.69, 9.17) is 0 Å². The molecule has 1 saturated carbocycles. The summed E-state index contributed by atoms with van der Waals surface area (Å²) in [7, 11) is 0. The summed E-state index contributed by atoms with van der Waals surface area (Å²) in [6.45, 7) is 8.52. The third-order valence-electron chi connectivity index (χ3n) is 6.83. The van der Waals surface area contributed by atoms with E-state index in [9.17, 15) is 9.59 Å².